The summed E-state index contributed by atoms with van der Waals surface area (Å²) < 4.78 is 0. The van der Waals surface area contributed by atoms with E-state index in [0.717, 1.165) is 11.8 Å². The van der Waals surface area contributed by atoms with Gasteiger partial charge in [-0.2, -0.15) is 0 Å². The van der Waals surface area contributed by atoms with Crippen LogP contribution in [0.25, 0.3) is 33.4 Å². The molecule has 12 rings (SSSR count). The summed E-state index contributed by atoms with van der Waals surface area (Å²) in [6.07, 6.45) is 9.47. The lowest BCUT2D eigenvalue weighted by Gasteiger charge is -2.77. The topological polar surface area (TPSA) is 0 Å². The fourth-order valence-electron chi connectivity index (χ4n) is 15.2. The van der Waals surface area contributed by atoms with E-state index in [4.69, 9.17) is 0 Å². The lowest BCUT2D eigenvalue weighted by molar-refractivity contribution is -0.238. The van der Waals surface area contributed by atoms with Gasteiger partial charge in [-0.1, -0.05) is 220 Å². The van der Waals surface area contributed by atoms with Crippen molar-refractivity contribution in [3.8, 4) is 33.4 Å². The Morgan fingerprint density at radius 3 is 1.79 bits per heavy atom. The van der Waals surface area contributed by atoms with Crippen LogP contribution in [0.1, 0.15) is 106 Å². The van der Waals surface area contributed by atoms with Crippen molar-refractivity contribution in [2.24, 2.45) is 17.3 Å². The Bertz CT molecular complexity index is 3090. The van der Waals surface area contributed by atoms with E-state index in [1.54, 1.807) is 5.56 Å². The minimum atomic E-state index is 0.176. The maximum Gasteiger partial charge on any atom is 0.242 e. The molecule has 0 saturated heterocycles. The van der Waals surface area contributed by atoms with Gasteiger partial charge in [0, 0.05) is 5.92 Å². The molecule has 0 amide bonds. The SMILES string of the molecule is Cc1cc(C)c(B(c2cccc(-c3ccc(C45CCCC6(CC(CCc7ccc(-c8ccc9c(c8)-c8ccccc8C9c8ccccc8)cc7)C64)C5)cc3)c2)c2c(C)cc(C)cc2C)c(C)c1. The van der Waals surface area contributed by atoms with E-state index in [2.05, 4.69) is 211 Å². The molecule has 4 aliphatic carbocycles. The average Bonchev–Trinajstić information content (AvgIpc) is 3.66. The van der Waals surface area contributed by atoms with E-state index in [1.807, 2.05) is 0 Å². The van der Waals surface area contributed by atoms with Gasteiger partial charge in [0.1, 0.15) is 0 Å². The van der Waals surface area contributed by atoms with Crippen LogP contribution in [0.5, 0.6) is 0 Å². The van der Waals surface area contributed by atoms with Crippen LogP contribution in [-0.2, 0) is 11.8 Å². The zero-order valence-corrected chi connectivity index (χ0v) is 40.4. The standard InChI is InChI=1S/C66H63B/c1-42-34-44(3)62(45(4)35-42)67(63-46(5)36-43(2)37-47(63)6)56-17-12-16-52(38-56)50-26-29-55(30-27-50)66-33-13-32-65(41-66)40-54(64(65)66)25-22-48-20-23-49(24-21-48)53-28-31-59-60(39-53)57-18-10-11-19-58(57)61(59)51-14-8-7-9-15-51/h7-12,14-21,23-24,26-31,34-39,54,61,64H,13,22,25,32-33,40-41H2,1-6H3. The molecule has 1 heteroatoms. The molecule has 0 aliphatic heterocycles. The Morgan fingerprint density at radius 2 is 1.10 bits per heavy atom. The van der Waals surface area contributed by atoms with Crippen molar-refractivity contribution in [2.45, 2.75) is 97.8 Å². The minimum Gasteiger partial charge on any atom is -0.0680 e. The number of aryl methyl sites for hydroxylation is 7. The van der Waals surface area contributed by atoms with Gasteiger partial charge in [-0.05, 0) is 170 Å². The number of hydrogen-bond donors (Lipinski definition) is 0. The van der Waals surface area contributed by atoms with E-state index >= 15 is 0 Å². The summed E-state index contributed by atoms with van der Waals surface area (Å²) in [6, 6.07) is 65.7. The molecule has 330 valence electrons. The smallest absolute Gasteiger partial charge is 0.0680 e. The van der Waals surface area contributed by atoms with Gasteiger partial charge in [0.15, 0.2) is 0 Å². The van der Waals surface area contributed by atoms with Gasteiger partial charge in [0.25, 0.3) is 0 Å². The second-order valence-corrected chi connectivity index (χ2v) is 21.7. The predicted octanol–water partition coefficient (Wildman–Crippen LogP) is 14.6. The Kier molecular flexibility index (Phi) is 10.2. The third kappa shape index (κ3) is 6.94. The van der Waals surface area contributed by atoms with Crippen molar-refractivity contribution >= 4 is 23.1 Å². The van der Waals surface area contributed by atoms with Gasteiger partial charge in [0.2, 0.25) is 6.71 Å². The molecule has 67 heavy (non-hydrogen) atoms. The zero-order valence-electron chi connectivity index (χ0n) is 40.4. The summed E-state index contributed by atoms with van der Waals surface area (Å²) in [6.45, 7) is 13.9. The third-order valence-electron chi connectivity index (χ3n) is 17.6. The quantitative estimate of drug-likeness (QED) is 0.120. The van der Waals surface area contributed by atoms with E-state index in [0.29, 0.717) is 16.7 Å². The zero-order chi connectivity index (χ0) is 45.6. The van der Waals surface area contributed by atoms with Crippen LogP contribution in [0, 0.1) is 58.8 Å². The second-order valence-electron chi connectivity index (χ2n) is 21.7. The first-order chi connectivity index (χ1) is 32.6. The minimum absolute atomic E-state index is 0.176. The average molecular weight is 867 g/mol. The number of benzene rings is 8. The van der Waals surface area contributed by atoms with Crippen LogP contribution in [0.3, 0.4) is 0 Å². The molecule has 3 saturated carbocycles. The number of fused-ring (bicyclic) bond motifs is 3. The van der Waals surface area contributed by atoms with Crippen molar-refractivity contribution in [1.82, 2.24) is 0 Å². The molecule has 3 fully saturated rings. The fourth-order valence-corrected chi connectivity index (χ4v) is 15.2. The van der Waals surface area contributed by atoms with Crippen molar-refractivity contribution in [3.63, 3.8) is 0 Å². The highest BCUT2D eigenvalue weighted by atomic mass is 14.8. The lowest BCUT2D eigenvalue weighted by Crippen LogP contribution is -2.71. The van der Waals surface area contributed by atoms with Crippen molar-refractivity contribution in [2.75, 3.05) is 0 Å². The molecule has 4 aliphatic rings. The summed E-state index contributed by atoms with van der Waals surface area (Å²) in [5, 5.41) is 0. The first-order valence-corrected chi connectivity index (χ1v) is 25.3. The molecule has 0 nitrogen and oxygen atoms in total. The van der Waals surface area contributed by atoms with Gasteiger partial charge >= 0.3 is 0 Å². The molecule has 0 radical (unpaired) electrons. The Morgan fingerprint density at radius 1 is 0.507 bits per heavy atom. The van der Waals surface area contributed by atoms with Gasteiger partial charge in [-0.3, -0.25) is 0 Å². The van der Waals surface area contributed by atoms with Crippen LogP contribution in [0.15, 0.2) is 170 Å². The highest BCUT2D eigenvalue weighted by molar-refractivity contribution is 6.96. The predicted molar refractivity (Wildman–Crippen MR) is 285 cm³/mol. The number of rotatable bonds is 10. The van der Waals surface area contributed by atoms with Gasteiger partial charge < -0.3 is 0 Å². The summed E-state index contributed by atoms with van der Waals surface area (Å²) in [4.78, 5) is 0. The van der Waals surface area contributed by atoms with Crippen LogP contribution < -0.4 is 16.4 Å². The van der Waals surface area contributed by atoms with E-state index < -0.39 is 0 Å². The fraction of sp³-hybridized carbons (Fsp3) is 0.273. The highest BCUT2D eigenvalue weighted by Crippen LogP contribution is 2.79. The molecule has 0 aromatic heterocycles. The molecular formula is C66H63B. The summed E-state index contributed by atoms with van der Waals surface area (Å²) in [5.41, 5.74) is 28.7. The molecule has 5 atom stereocenters. The molecule has 5 unspecified atom stereocenters. The molecule has 0 heterocycles. The summed E-state index contributed by atoms with van der Waals surface area (Å²) >= 11 is 0. The van der Waals surface area contributed by atoms with Crippen LogP contribution >= 0.6 is 0 Å². The summed E-state index contributed by atoms with van der Waals surface area (Å²) in [7, 11) is 0. The van der Waals surface area contributed by atoms with E-state index in [9.17, 15) is 0 Å². The molecule has 8 aromatic carbocycles. The van der Waals surface area contributed by atoms with Crippen molar-refractivity contribution in [3.05, 3.63) is 231 Å². The first-order valence-electron chi connectivity index (χ1n) is 25.3. The Balaban J connectivity index is 0.766. The third-order valence-corrected chi connectivity index (χ3v) is 17.6. The van der Waals surface area contributed by atoms with Gasteiger partial charge in [-0.25, -0.2) is 0 Å². The molecule has 0 spiro atoms. The maximum atomic E-state index is 2.53. The molecular weight excluding hydrogens is 804 g/mol. The monoisotopic (exact) mass is 867 g/mol. The second kappa shape index (κ2) is 16.3. The van der Waals surface area contributed by atoms with Crippen LogP contribution in [-0.4, -0.2) is 6.71 Å². The van der Waals surface area contributed by atoms with Crippen LogP contribution in [0.2, 0.25) is 0 Å². The Labute approximate surface area is 400 Å². The van der Waals surface area contributed by atoms with Gasteiger partial charge in [-0.15, -0.1) is 0 Å². The van der Waals surface area contributed by atoms with E-state index in [1.165, 1.54) is 150 Å². The van der Waals surface area contributed by atoms with E-state index in [-0.39, 0.29) is 6.71 Å². The molecule has 8 aromatic rings. The largest absolute Gasteiger partial charge is 0.242 e. The lowest BCUT2D eigenvalue weighted by atomic mass is 9.27. The number of hydrogen-bond acceptors (Lipinski definition) is 0. The summed E-state index contributed by atoms with van der Waals surface area (Å²) in [5.74, 6) is 1.94. The first kappa shape index (κ1) is 42.2. The molecule has 0 N–H and O–H groups in total. The van der Waals surface area contributed by atoms with Gasteiger partial charge in [0.05, 0.1) is 0 Å². The molecule has 2 bridgehead atoms. The normalized spacial score (nSPS) is 22.0. The Hall–Kier alpha value is -6.18. The van der Waals surface area contributed by atoms with Crippen molar-refractivity contribution < 1.29 is 0 Å². The van der Waals surface area contributed by atoms with Crippen LogP contribution in [0.4, 0.5) is 0 Å². The van der Waals surface area contributed by atoms with Crippen molar-refractivity contribution in [1.29, 1.82) is 0 Å². The maximum absolute atomic E-state index is 2.53. The highest BCUT2D eigenvalue weighted by Gasteiger charge is 2.73.